The number of hydrogen-bond donors (Lipinski definition) is 1. The lowest BCUT2D eigenvalue weighted by atomic mass is 10.2. The van der Waals surface area contributed by atoms with Crippen LogP contribution in [0, 0.1) is 0 Å². The van der Waals surface area contributed by atoms with Crippen LogP contribution in [0.15, 0.2) is 21.5 Å². The molecule has 1 heterocycles. The summed E-state index contributed by atoms with van der Waals surface area (Å²) in [6.07, 6.45) is 2.98. The van der Waals surface area contributed by atoms with Crippen LogP contribution in [0.2, 0.25) is 0 Å². The first-order valence-electron chi connectivity index (χ1n) is 5.09. The van der Waals surface area contributed by atoms with Gasteiger partial charge in [0, 0.05) is 12.5 Å². The van der Waals surface area contributed by atoms with Crippen LogP contribution in [0.25, 0.3) is 0 Å². The Morgan fingerprint density at radius 1 is 1.56 bits per heavy atom. The van der Waals surface area contributed by atoms with Crippen LogP contribution in [0.5, 0.6) is 5.75 Å². The molecule has 0 unspecified atom stereocenters. The molecule has 0 aliphatic carbocycles. The van der Waals surface area contributed by atoms with Crippen molar-refractivity contribution in [2.45, 2.75) is 32.8 Å². The van der Waals surface area contributed by atoms with Crippen LogP contribution >= 0.6 is 0 Å². The molecule has 0 spiro atoms. The molecule has 1 rings (SSSR count). The lowest BCUT2D eigenvalue weighted by Crippen LogP contribution is -2.06. The summed E-state index contributed by atoms with van der Waals surface area (Å²) in [4.78, 5) is 22.1. The molecular weight excluding hydrogens is 212 g/mol. The van der Waals surface area contributed by atoms with E-state index in [1.807, 2.05) is 6.92 Å². The van der Waals surface area contributed by atoms with E-state index in [4.69, 9.17) is 14.3 Å². The number of carbonyl (C=O) groups is 1. The van der Waals surface area contributed by atoms with E-state index in [9.17, 15) is 9.59 Å². The van der Waals surface area contributed by atoms with Crippen LogP contribution in [-0.4, -0.2) is 11.1 Å². The van der Waals surface area contributed by atoms with Gasteiger partial charge in [-0.15, -0.1) is 0 Å². The highest BCUT2D eigenvalue weighted by Gasteiger charge is 2.05. The third kappa shape index (κ3) is 3.76. The van der Waals surface area contributed by atoms with Crippen LogP contribution in [0.3, 0.4) is 0 Å². The van der Waals surface area contributed by atoms with E-state index < -0.39 is 11.2 Å². The van der Waals surface area contributed by atoms with Crippen LogP contribution in [0.4, 0.5) is 0 Å². The molecule has 0 aromatic carbocycles. The van der Waals surface area contributed by atoms with Crippen LogP contribution in [-0.2, 0) is 16.1 Å². The van der Waals surface area contributed by atoms with Gasteiger partial charge in [0.25, 0.3) is 0 Å². The number of esters is 1. The molecule has 5 heteroatoms. The van der Waals surface area contributed by atoms with Gasteiger partial charge in [-0.25, -0.2) is 0 Å². The van der Waals surface area contributed by atoms with E-state index in [1.54, 1.807) is 0 Å². The van der Waals surface area contributed by atoms with Crippen LogP contribution in [0.1, 0.15) is 31.9 Å². The molecule has 0 bridgehead atoms. The number of hydrogen-bond acceptors (Lipinski definition) is 5. The van der Waals surface area contributed by atoms with Crippen molar-refractivity contribution in [3.05, 3.63) is 28.3 Å². The monoisotopic (exact) mass is 226 g/mol. The third-order valence-corrected chi connectivity index (χ3v) is 1.98. The van der Waals surface area contributed by atoms with E-state index in [-0.39, 0.29) is 18.3 Å². The summed E-state index contributed by atoms with van der Waals surface area (Å²) in [7, 11) is 0. The highest BCUT2D eigenvalue weighted by atomic mass is 16.5. The average molecular weight is 226 g/mol. The average Bonchev–Trinajstić information content (AvgIpc) is 2.28. The first-order chi connectivity index (χ1) is 7.63. The molecule has 88 valence electrons. The SMILES string of the molecule is CCCCC(=O)OCc1cc(=O)c(O)co1. The molecule has 0 saturated carbocycles. The molecule has 1 N–H and O–H groups in total. The highest BCUT2D eigenvalue weighted by molar-refractivity contribution is 5.69. The predicted molar refractivity (Wildman–Crippen MR) is 56.0 cm³/mol. The first-order valence-corrected chi connectivity index (χ1v) is 5.09. The minimum atomic E-state index is -0.550. The number of rotatable bonds is 5. The second-order valence-corrected chi connectivity index (χ2v) is 3.36. The molecule has 0 aliphatic heterocycles. The summed E-state index contributed by atoms with van der Waals surface area (Å²) < 4.78 is 9.74. The Hall–Kier alpha value is -1.78. The minimum absolute atomic E-state index is 0.0853. The molecule has 0 aliphatic rings. The number of unbranched alkanes of at least 4 members (excludes halogenated alkanes) is 1. The van der Waals surface area contributed by atoms with Crippen molar-refractivity contribution in [3.63, 3.8) is 0 Å². The lowest BCUT2D eigenvalue weighted by molar-refractivity contribution is -0.145. The van der Waals surface area contributed by atoms with Gasteiger partial charge < -0.3 is 14.3 Å². The van der Waals surface area contributed by atoms with E-state index in [0.29, 0.717) is 6.42 Å². The van der Waals surface area contributed by atoms with E-state index in [0.717, 1.165) is 25.2 Å². The topological polar surface area (TPSA) is 76.7 Å². The minimum Gasteiger partial charge on any atom is -0.502 e. The Morgan fingerprint density at radius 3 is 2.94 bits per heavy atom. The largest absolute Gasteiger partial charge is 0.502 e. The summed E-state index contributed by atoms with van der Waals surface area (Å²) in [6.45, 7) is 1.89. The summed E-state index contributed by atoms with van der Waals surface area (Å²) in [6, 6.07) is 1.10. The Bertz CT molecular complexity index is 407. The van der Waals surface area contributed by atoms with Gasteiger partial charge in [0.15, 0.2) is 5.75 Å². The number of ether oxygens (including phenoxy) is 1. The Morgan fingerprint density at radius 2 is 2.31 bits per heavy atom. The fraction of sp³-hybridized carbons (Fsp3) is 0.455. The van der Waals surface area contributed by atoms with Gasteiger partial charge in [0.1, 0.15) is 18.6 Å². The fourth-order valence-corrected chi connectivity index (χ4v) is 1.06. The van der Waals surface area contributed by atoms with Crippen LogP contribution < -0.4 is 5.43 Å². The van der Waals surface area contributed by atoms with E-state index >= 15 is 0 Å². The summed E-state index contributed by atoms with van der Waals surface area (Å²) in [5.74, 6) is -0.564. The van der Waals surface area contributed by atoms with Gasteiger partial charge >= 0.3 is 5.97 Å². The predicted octanol–water partition coefficient (Wildman–Crippen LogP) is 1.58. The van der Waals surface area contributed by atoms with Crippen molar-refractivity contribution in [2.75, 3.05) is 0 Å². The third-order valence-electron chi connectivity index (χ3n) is 1.98. The lowest BCUT2D eigenvalue weighted by Gasteiger charge is -2.03. The van der Waals surface area contributed by atoms with Crippen molar-refractivity contribution in [2.24, 2.45) is 0 Å². The van der Waals surface area contributed by atoms with Gasteiger partial charge in [-0.1, -0.05) is 13.3 Å². The first kappa shape index (κ1) is 12.3. The molecule has 0 atom stereocenters. The van der Waals surface area contributed by atoms with E-state index in [2.05, 4.69) is 0 Å². The van der Waals surface area contributed by atoms with Crippen molar-refractivity contribution in [1.82, 2.24) is 0 Å². The van der Waals surface area contributed by atoms with Crippen molar-refractivity contribution < 1.29 is 19.1 Å². The van der Waals surface area contributed by atoms with E-state index in [1.165, 1.54) is 0 Å². The second-order valence-electron chi connectivity index (χ2n) is 3.36. The van der Waals surface area contributed by atoms with Gasteiger partial charge in [0.2, 0.25) is 5.43 Å². The Balaban J connectivity index is 2.45. The van der Waals surface area contributed by atoms with Gasteiger partial charge in [-0.2, -0.15) is 0 Å². The molecule has 0 fully saturated rings. The zero-order valence-electron chi connectivity index (χ0n) is 9.06. The molecule has 0 saturated heterocycles. The van der Waals surface area contributed by atoms with Crippen molar-refractivity contribution in [3.8, 4) is 5.75 Å². The maximum Gasteiger partial charge on any atom is 0.306 e. The molecule has 0 amide bonds. The quantitative estimate of drug-likeness (QED) is 0.771. The molecule has 16 heavy (non-hydrogen) atoms. The number of carbonyl (C=O) groups excluding carboxylic acids is 1. The summed E-state index contributed by atoms with van der Waals surface area (Å²) >= 11 is 0. The molecule has 1 aromatic heterocycles. The summed E-state index contributed by atoms with van der Waals surface area (Å²) in [5.41, 5.74) is -0.550. The Kier molecular flexibility index (Phi) is 4.57. The van der Waals surface area contributed by atoms with Gasteiger partial charge in [-0.3, -0.25) is 9.59 Å². The standard InChI is InChI=1S/C11H14O5/c1-2-3-4-11(14)16-6-8-5-9(12)10(13)7-15-8/h5,7,13H,2-4,6H2,1H3. The Labute approximate surface area is 92.7 Å². The molecule has 1 aromatic rings. The zero-order chi connectivity index (χ0) is 12.0. The second kappa shape index (κ2) is 5.95. The van der Waals surface area contributed by atoms with Crippen molar-refractivity contribution >= 4 is 5.97 Å². The maximum atomic E-state index is 11.1. The molecular formula is C11H14O5. The molecule has 5 nitrogen and oxygen atoms in total. The van der Waals surface area contributed by atoms with Crippen molar-refractivity contribution in [1.29, 1.82) is 0 Å². The number of aromatic hydroxyl groups is 1. The zero-order valence-corrected chi connectivity index (χ0v) is 9.06. The highest BCUT2D eigenvalue weighted by Crippen LogP contribution is 2.06. The fourth-order valence-electron chi connectivity index (χ4n) is 1.06. The van der Waals surface area contributed by atoms with Gasteiger partial charge in [0.05, 0.1) is 0 Å². The van der Waals surface area contributed by atoms with Gasteiger partial charge in [-0.05, 0) is 6.42 Å². The smallest absolute Gasteiger partial charge is 0.306 e. The summed E-state index contributed by atoms with van der Waals surface area (Å²) in [5, 5.41) is 8.92. The maximum absolute atomic E-state index is 11.1. The normalized spacial score (nSPS) is 10.1. The molecule has 0 radical (unpaired) electrons.